The second kappa shape index (κ2) is 9.59. The first-order valence-electron chi connectivity index (χ1n) is 3.57. The van der Waals surface area contributed by atoms with E-state index in [2.05, 4.69) is 40.4 Å². The number of unbranched alkanes of at least 4 members (excludes halogenated alkanes) is 2. The Morgan fingerprint density at radius 1 is 1.27 bits per heavy atom. The molecule has 0 radical (unpaired) electrons. The fourth-order valence-electron chi connectivity index (χ4n) is 0.529. The molecular weight excluding hydrogens is 247 g/mol. The van der Waals surface area contributed by atoms with Crippen molar-refractivity contribution in [3.8, 4) is 24.2 Å². The summed E-state index contributed by atoms with van der Waals surface area (Å²) in [6.45, 7) is 0. The number of allylic oxidation sites excluding steroid dienone is 2. The maximum Gasteiger partial charge on any atom is 0.00925 e. The predicted octanol–water partition coefficient (Wildman–Crippen LogP) is 2.78. The summed E-state index contributed by atoms with van der Waals surface area (Å²) in [5, 5.41) is 0. The highest BCUT2D eigenvalue weighted by molar-refractivity contribution is 14.1. The third-order valence-electron chi connectivity index (χ3n) is 1.05. The molecule has 0 saturated carbocycles. The molecule has 0 bridgehead atoms. The summed E-state index contributed by atoms with van der Waals surface area (Å²) in [6.07, 6.45) is 11.8. The molecule has 0 rings (SSSR count). The van der Waals surface area contributed by atoms with Crippen LogP contribution in [-0.4, -0.2) is 4.43 Å². The molecule has 0 N–H and O–H groups in total. The molecule has 0 aromatic carbocycles. The van der Waals surface area contributed by atoms with Gasteiger partial charge in [-0.05, 0) is 29.4 Å². The molecule has 0 aromatic rings. The lowest BCUT2D eigenvalue weighted by atomic mass is 10.2. The normalized spacial score (nSPS) is 8.73. The highest BCUT2D eigenvalue weighted by Crippen LogP contribution is 1.96. The second-order valence-electron chi connectivity index (χ2n) is 1.97. The Labute approximate surface area is 82.6 Å². The van der Waals surface area contributed by atoms with E-state index >= 15 is 0 Å². The SMILES string of the molecule is C#C/C=C\C#CCCCCI. The van der Waals surface area contributed by atoms with Crippen LogP contribution in [0.1, 0.15) is 19.3 Å². The molecule has 0 nitrogen and oxygen atoms in total. The summed E-state index contributed by atoms with van der Waals surface area (Å²) < 4.78 is 1.22. The lowest BCUT2D eigenvalue weighted by molar-refractivity contribution is 0.845. The Kier molecular flexibility index (Phi) is 9.23. The summed E-state index contributed by atoms with van der Waals surface area (Å²) in [5.74, 6) is 8.27. The summed E-state index contributed by atoms with van der Waals surface area (Å²) >= 11 is 2.37. The Balaban J connectivity index is 3.27. The van der Waals surface area contributed by atoms with E-state index in [0.29, 0.717) is 0 Å². The van der Waals surface area contributed by atoms with Crippen molar-refractivity contribution in [1.29, 1.82) is 0 Å². The Bertz CT molecular complexity index is 197. The van der Waals surface area contributed by atoms with Gasteiger partial charge in [-0.3, -0.25) is 0 Å². The van der Waals surface area contributed by atoms with Crippen molar-refractivity contribution in [1.82, 2.24) is 0 Å². The van der Waals surface area contributed by atoms with Crippen LogP contribution in [0.3, 0.4) is 0 Å². The number of hydrogen-bond acceptors (Lipinski definition) is 0. The van der Waals surface area contributed by atoms with Crippen molar-refractivity contribution >= 4 is 22.6 Å². The van der Waals surface area contributed by atoms with E-state index in [-0.39, 0.29) is 0 Å². The Morgan fingerprint density at radius 3 is 2.73 bits per heavy atom. The summed E-state index contributed by atoms with van der Waals surface area (Å²) in [5.41, 5.74) is 0. The maximum atomic E-state index is 4.99. The lowest BCUT2D eigenvalue weighted by Gasteiger charge is -1.85. The average Bonchev–Trinajstić information content (AvgIpc) is 2.03. The first kappa shape index (κ1) is 10.6. The fraction of sp³-hybridized carbons (Fsp3) is 0.400. The molecule has 58 valence electrons. The quantitative estimate of drug-likeness (QED) is 0.316. The van der Waals surface area contributed by atoms with Gasteiger partial charge in [-0.25, -0.2) is 0 Å². The van der Waals surface area contributed by atoms with E-state index in [9.17, 15) is 0 Å². The van der Waals surface area contributed by atoms with Crippen molar-refractivity contribution < 1.29 is 0 Å². The van der Waals surface area contributed by atoms with Gasteiger partial charge < -0.3 is 0 Å². The first-order valence-corrected chi connectivity index (χ1v) is 5.10. The van der Waals surface area contributed by atoms with Gasteiger partial charge in [-0.2, -0.15) is 0 Å². The molecule has 0 aliphatic heterocycles. The van der Waals surface area contributed by atoms with Gasteiger partial charge in [-0.15, -0.1) is 6.42 Å². The summed E-state index contributed by atoms with van der Waals surface area (Å²) in [4.78, 5) is 0. The number of rotatable bonds is 3. The molecule has 0 fully saturated rings. The number of alkyl halides is 1. The van der Waals surface area contributed by atoms with E-state index in [4.69, 9.17) is 6.42 Å². The second-order valence-corrected chi connectivity index (χ2v) is 3.05. The van der Waals surface area contributed by atoms with Crippen molar-refractivity contribution in [2.45, 2.75) is 19.3 Å². The fourth-order valence-corrected chi connectivity index (χ4v) is 1.07. The smallest absolute Gasteiger partial charge is 0.00925 e. The minimum Gasteiger partial charge on any atom is -0.115 e. The van der Waals surface area contributed by atoms with Gasteiger partial charge in [0.2, 0.25) is 0 Å². The van der Waals surface area contributed by atoms with Crippen molar-refractivity contribution in [2.24, 2.45) is 0 Å². The molecule has 0 atom stereocenters. The van der Waals surface area contributed by atoms with E-state index in [1.807, 2.05) is 0 Å². The van der Waals surface area contributed by atoms with Crippen LogP contribution >= 0.6 is 22.6 Å². The van der Waals surface area contributed by atoms with Crippen LogP contribution in [-0.2, 0) is 0 Å². The maximum absolute atomic E-state index is 4.99. The third kappa shape index (κ3) is 9.59. The highest BCUT2D eigenvalue weighted by Gasteiger charge is 1.79. The molecule has 0 heterocycles. The van der Waals surface area contributed by atoms with Gasteiger partial charge in [0.25, 0.3) is 0 Å². The standard InChI is InChI=1S/C10H11I/c1-2-3-4-5-6-7-8-9-10-11/h1,3-4H,7-10H2/b4-3-. The minimum atomic E-state index is 0.984. The van der Waals surface area contributed by atoms with Gasteiger partial charge in [0.1, 0.15) is 0 Å². The molecular formula is C10H11I. The number of halogens is 1. The molecule has 11 heavy (non-hydrogen) atoms. The predicted molar refractivity (Wildman–Crippen MR) is 58.5 cm³/mol. The zero-order valence-corrected chi connectivity index (χ0v) is 8.60. The molecule has 0 saturated heterocycles. The van der Waals surface area contributed by atoms with E-state index in [0.717, 1.165) is 6.42 Å². The molecule has 0 unspecified atom stereocenters. The van der Waals surface area contributed by atoms with E-state index < -0.39 is 0 Å². The number of hydrogen-bond donors (Lipinski definition) is 0. The topological polar surface area (TPSA) is 0 Å². The van der Waals surface area contributed by atoms with Gasteiger partial charge in [0, 0.05) is 6.42 Å². The molecule has 0 aliphatic carbocycles. The average molecular weight is 258 g/mol. The Morgan fingerprint density at radius 2 is 2.09 bits per heavy atom. The van der Waals surface area contributed by atoms with Gasteiger partial charge in [-0.1, -0.05) is 40.4 Å². The number of terminal acetylenes is 1. The monoisotopic (exact) mass is 258 g/mol. The Hall–Kier alpha value is -0.410. The van der Waals surface area contributed by atoms with Crippen LogP contribution < -0.4 is 0 Å². The molecule has 0 aromatic heterocycles. The lowest BCUT2D eigenvalue weighted by Crippen LogP contribution is -1.72. The summed E-state index contributed by atoms with van der Waals surface area (Å²) in [7, 11) is 0. The van der Waals surface area contributed by atoms with Crippen LogP contribution in [0, 0.1) is 24.2 Å². The van der Waals surface area contributed by atoms with Crippen molar-refractivity contribution in [3.05, 3.63) is 12.2 Å². The zero-order chi connectivity index (χ0) is 8.36. The van der Waals surface area contributed by atoms with E-state index in [1.54, 1.807) is 12.2 Å². The van der Waals surface area contributed by atoms with Gasteiger partial charge in [0.15, 0.2) is 0 Å². The zero-order valence-electron chi connectivity index (χ0n) is 6.44. The van der Waals surface area contributed by atoms with E-state index in [1.165, 1.54) is 17.3 Å². The van der Waals surface area contributed by atoms with Crippen LogP contribution in [0.5, 0.6) is 0 Å². The van der Waals surface area contributed by atoms with Crippen LogP contribution in [0.2, 0.25) is 0 Å². The largest absolute Gasteiger partial charge is 0.115 e. The molecule has 0 spiro atoms. The third-order valence-corrected chi connectivity index (χ3v) is 1.81. The molecule has 0 aliphatic rings. The molecule has 0 amide bonds. The first-order chi connectivity index (χ1) is 5.41. The van der Waals surface area contributed by atoms with Crippen LogP contribution in [0.4, 0.5) is 0 Å². The van der Waals surface area contributed by atoms with Crippen LogP contribution in [0.15, 0.2) is 12.2 Å². The van der Waals surface area contributed by atoms with Gasteiger partial charge >= 0.3 is 0 Å². The summed E-state index contributed by atoms with van der Waals surface area (Å²) in [6, 6.07) is 0. The van der Waals surface area contributed by atoms with Gasteiger partial charge in [0.05, 0.1) is 0 Å². The molecule has 1 heteroatoms. The minimum absolute atomic E-state index is 0.984. The van der Waals surface area contributed by atoms with Crippen LogP contribution in [0.25, 0.3) is 0 Å². The highest BCUT2D eigenvalue weighted by atomic mass is 127. The van der Waals surface area contributed by atoms with Crippen molar-refractivity contribution in [2.75, 3.05) is 4.43 Å². The van der Waals surface area contributed by atoms with Crippen molar-refractivity contribution in [3.63, 3.8) is 0 Å².